The van der Waals surface area contributed by atoms with Gasteiger partial charge in [0.25, 0.3) is 0 Å². The average molecular weight is 290 g/mol. The van der Waals surface area contributed by atoms with Crippen molar-refractivity contribution in [2.24, 2.45) is 16.8 Å². The van der Waals surface area contributed by atoms with Crippen LogP contribution in [0.5, 0.6) is 0 Å². The Labute approximate surface area is 129 Å². The van der Waals surface area contributed by atoms with Crippen molar-refractivity contribution in [3.63, 3.8) is 0 Å². The van der Waals surface area contributed by atoms with E-state index in [1.54, 1.807) is 0 Å². The van der Waals surface area contributed by atoms with Gasteiger partial charge in [-0.15, -0.1) is 0 Å². The Morgan fingerprint density at radius 3 is 2.14 bits per heavy atom. The van der Waals surface area contributed by atoms with Crippen LogP contribution >= 0.6 is 0 Å². The highest BCUT2D eigenvalue weighted by atomic mass is 16.3. The van der Waals surface area contributed by atoms with Gasteiger partial charge in [0.15, 0.2) is 0 Å². The van der Waals surface area contributed by atoms with Crippen LogP contribution in [0.4, 0.5) is 0 Å². The third-order valence-corrected chi connectivity index (χ3v) is 4.08. The Morgan fingerprint density at radius 2 is 1.52 bits per heavy atom. The van der Waals surface area contributed by atoms with Crippen LogP contribution in [0.1, 0.15) is 69.9 Å². The van der Waals surface area contributed by atoms with Crippen LogP contribution in [0, 0.1) is 10.8 Å². The number of rotatable bonds is 12. The lowest BCUT2D eigenvalue weighted by molar-refractivity contribution is 0.484. The highest BCUT2D eigenvalue weighted by Crippen LogP contribution is 2.18. The van der Waals surface area contributed by atoms with Gasteiger partial charge in [-0.25, -0.2) is 0 Å². The van der Waals surface area contributed by atoms with Gasteiger partial charge in [-0.3, -0.25) is 0 Å². The molecule has 0 fully saturated rings. The first kappa shape index (κ1) is 17.8. The van der Waals surface area contributed by atoms with E-state index in [4.69, 9.17) is 5.73 Å². The molecule has 1 aromatic carbocycles. The normalized spacial score (nSPS) is 13.8. The second kappa shape index (κ2) is 11.4. The van der Waals surface area contributed by atoms with E-state index in [-0.39, 0.29) is 6.04 Å². The van der Waals surface area contributed by atoms with Gasteiger partial charge < -0.3 is 5.73 Å². The predicted octanol–water partition coefficient (Wildman–Crippen LogP) is 5.21. The summed E-state index contributed by atoms with van der Waals surface area (Å²) in [6.07, 6.45) is 9.77. The second-order valence-corrected chi connectivity index (χ2v) is 6.13. The Morgan fingerprint density at radius 1 is 0.952 bits per heavy atom. The lowest BCUT2D eigenvalue weighted by Crippen LogP contribution is -2.09. The quantitative estimate of drug-likeness (QED) is 0.424. The molecule has 3 nitrogen and oxygen atoms in total. The van der Waals surface area contributed by atoms with Crippen molar-refractivity contribution in [3.8, 4) is 0 Å². The Hall–Kier alpha value is -1.22. The summed E-state index contributed by atoms with van der Waals surface area (Å²) in [7, 11) is 0. The Bertz CT molecular complexity index is 367. The van der Waals surface area contributed by atoms with Crippen molar-refractivity contribution in [2.75, 3.05) is 6.54 Å². The number of nitrogens with two attached hydrogens (primary N) is 1. The van der Waals surface area contributed by atoms with Gasteiger partial charge in [-0.2, -0.15) is 4.91 Å². The molecule has 0 aromatic heterocycles. The van der Waals surface area contributed by atoms with Gasteiger partial charge in [0.05, 0.1) is 6.54 Å². The van der Waals surface area contributed by atoms with Gasteiger partial charge >= 0.3 is 0 Å². The summed E-state index contributed by atoms with van der Waals surface area (Å²) in [4.78, 5) is 10.1. The molecule has 3 heteroatoms. The van der Waals surface area contributed by atoms with E-state index < -0.39 is 0 Å². The number of benzene rings is 1. The van der Waals surface area contributed by atoms with Crippen molar-refractivity contribution in [2.45, 2.75) is 64.3 Å². The highest BCUT2D eigenvalue weighted by Gasteiger charge is 2.04. The summed E-state index contributed by atoms with van der Waals surface area (Å²) in [5, 5.41) is 2.95. The van der Waals surface area contributed by atoms with Crippen LogP contribution in [0.2, 0.25) is 0 Å². The average Bonchev–Trinajstić information content (AvgIpc) is 2.51. The highest BCUT2D eigenvalue weighted by molar-refractivity contribution is 5.18. The lowest BCUT2D eigenvalue weighted by atomic mass is 9.99. The SMILES string of the molecule is CC(CCCCCCCCC(N)c1ccccc1)CN=O. The fraction of sp³-hybridized carbons (Fsp3) is 0.667. The number of nitroso groups, excluding NO2 is 1. The zero-order valence-electron chi connectivity index (χ0n) is 13.3. The topological polar surface area (TPSA) is 55.4 Å². The molecular formula is C18H30N2O. The molecule has 2 atom stereocenters. The lowest BCUT2D eigenvalue weighted by Gasteiger charge is -2.11. The molecule has 0 heterocycles. The minimum Gasteiger partial charge on any atom is -0.324 e. The fourth-order valence-corrected chi connectivity index (χ4v) is 2.65. The zero-order chi connectivity index (χ0) is 15.3. The van der Waals surface area contributed by atoms with E-state index in [1.807, 2.05) is 6.07 Å². The maximum Gasteiger partial charge on any atom is 0.0836 e. The summed E-state index contributed by atoms with van der Waals surface area (Å²) < 4.78 is 0. The second-order valence-electron chi connectivity index (χ2n) is 6.13. The Balaban J connectivity index is 1.94. The first-order valence-electron chi connectivity index (χ1n) is 8.33. The van der Waals surface area contributed by atoms with Gasteiger partial charge in [-0.1, -0.05) is 81.0 Å². The molecule has 2 N–H and O–H groups in total. The predicted molar refractivity (Wildman–Crippen MR) is 90.1 cm³/mol. The third kappa shape index (κ3) is 8.61. The molecule has 2 unspecified atom stereocenters. The number of hydrogen-bond acceptors (Lipinski definition) is 3. The smallest absolute Gasteiger partial charge is 0.0836 e. The standard InChI is InChI=1S/C18H30N2O/c1-16(15-20-21)11-7-4-2-3-5-10-14-18(19)17-12-8-6-9-13-17/h6,8-9,12-13,16,18H,2-5,7,10-11,14-15,19H2,1H3. The zero-order valence-corrected chi connectivity index (χ0v) is 13.3. The molecule has 0 saturated carbocycles. The largest absolute Gasteiger partial charge is 0.324 e. The molecule has 0 aliphatic heterocycles. The molecule has 1 rings (SSSR count). The van der Waals surface area contributed by atoms with E-state index >= 15 is 0 Å². The van der Waals surface area contributed by atoms with Crippen LogP contribution in [0.3, 0.4) is 0 Å². The first-order chi connectivity index (χ1) is 10.2. The maximum absolute atomic E-state index is 10.1. The number of nitrogens with zero attached hydrogens (tertiary/aromatic N) is 1. The molecule has 0 amide bonds. The molecule has 0 aliphatic carbocycles. The summed E-state index contributed by atoms with van der Waals surface area (Å²) in [6.45, 7) is 2.57. The van der Waals surface area contributed by atoms with Gasteiger partial charge in [0.2, 0.25) is 0 Å². The van der Waals surface area contributed by atoms with Gasteiger partial charge in [-0.05, 0) is 24.3 Å². The van der Waals surface area contributed by atoms with Gasteiger partial charge in [0, 0.05) is 6.04 Å². The van der Waals surface area contributed by atoms with Crippen LogP contribution in [-0.2, 0) is 0 Å². The van der Waals surface area contributed by atoms with Crippen LogP contribution in [-0.4, -0.2) is 6.54 Å². The van der Waals surface area contributed by atoms with E-state index in [2.05, 4.69) is 36.4 Å². The van der Waals surface area contributed by atoms with Crippen molar-refractivity contribution >= 4 is 0 Å². The van der Waals surface area contributed by atoms with Crippen molar-refractivity contribution in [1.82, 2.24) is 0 Å². The monoisotopic (exact) mass is 290 g/mol. The third-order valence-electron chi connectivity index (χ3n) is 4.08. The van der Waals surface area contributed by atoms with E-state index in [1.165, 1.54) is 44.1 Å². The summed E-state index contributed by atoms with van der Waals surface area (Å²) in [6, 6.07) is 10.5. The van der Waals surface area contributed by atoms with Crippen molar-refractivity contribution in [3.05, 3.63) is 40.8 Å². The maximum atomic E-state index is 10.1. The van der Waals surface area contributed by atoms with E-state index in [0.717, 1.165) is 12.8 Å². The van der Waals surface area contributed by atoms with Crippen LogP contribution in [0.25, 0.3) is 0 Å². The minimum absolute atomic E-state index is 0.183. The minimum atomic E-state index is 0.183. The molecule has 0 saturated heterocycles. The molecule has 1 aromatic rings. The first-order valence-corrected chi connectivity index (χ1v) is 8.33. The van der Waals surface area contributed by atoms with Crippen LogP contribution in [0.15, 0.2) is 35.5 Å². The van der Waals surface area contributed by atoms with E-state index in [0.29, 0.717) is 12.5 Å². The van der Waals surface area contributed by atoms with E-state index in [9.17, 15) is 4.91 Å². The van der Waals surface area contributed by atoms with Crippen LogP contribution < -0.4 is 5.73 Å². The van der Waals surface area contributed by atoms with Crippen molar-refractivity contribution in [1.29, 1.82) is 0 Å². The fourth-order valence-electron chi connectivity index (χ4n) is 2.65. The Kier molecular flexibility index (Phi) is 9.71. The summed E-state index contributed by atoms with van der Waals surface area (Å²) in [5.41, 5.74) is 7.43. The number of hydrogen-bond donors (Lipinski definition) is 1. The molecule has 118 valence electrons. The van der Waals surface area contributed by atoms with Crippen molar-refractivity contribution < 1.29 is 0 Å². The molecule has 0 radical (unpaired) electrons. The van der Waals surface area contributed by atoms with Gasteiger partial charge in [0.1, 0.15) is 0 Å². The number of unbranched alkanes of at least 4 members (excludes halogenated alkanes) is 5. The molecule has 21 heavy (non-hydrogen) atoms. The molecule has 0 bridgehead atoms. The molecular weight excluding hydrogens is 260 g/mol. The summed E-state index contributed by atoms with van der Waals surface area (Å²) >= 11 is 0. The molecule has 0 aliphatic rings. The molecule has 0 spiro atoms. The summed E-state index contributed by atoms with van der Waals surface area (Å²) in [5.74, 6) is 0.450.